The fraction of sp³-hybridized carbons (Fsp3) is 0.800. The van der Waals surface area contributed by atoms with E-state index >= 15 is 0 Å². The molecular formula is C40H72N2O7. The van der Waals surface area contributed by atoms with Gasteiger partial charge in [-0.3, -0.25) is 14.4 Å². The summed E-state index contributed by atoms with van der Waals surface area (Å²) in [5.74, 6) is -2.41. The molecule has 0 fully saturated rings. The molecule has 2 unspecified atom stereocenters. The van der Waals surface area contributed by atoms with Crippen molar-refractivity contribution in [2.75, 3.05) is 13.2 Å². The number of hydrogen-bond donors (Lipinski definition) is 4. The first-order valence-electron chi connectivity index (χ1n) is 19.7. The van der Waals surface area contributed by atoms with Gasteiger partial charge in [0.25, 0.3) is 0 Å². The van der Waals surface area contributed by atoms with Gasteiger partial charge in [-0.1, -0.05) is 128 Å². The molecule has 0 aromatic heterocycles. The van der Waals surface area contributed by atoms with Crippen LogP contribution in [0.4, 0.5) is 0 Å². The zero-order valence-electron chi connectivity index (χ0n) is 31.2. The third kappa shape index (κ3) is 32.3. The van der Waals surface area contributed by atoms with Crippen LogP contribution in [0.1, 0.15) is 181 Å². The molecule has 9 nitrogen and oxygen atoms in total. The van der Waals surface area contributed by atoms with Crippen LogP contribution in [-0.2, 0) is 23.9 Å². The molecule has 0 saturated heterocycles. The van der Waals surface area contributed by atoms with E-state index in [1.165, 1.54) is 89.9 Å². The molecule has 0 spiro atoms. The van der Waals surface area contributed by atoms with E-state index in [-0.39, 0.29) is 30.9 Å². The van der Waals surface area contributed by atoms with Gasteiger partial charge in [0.2, 0.25) is 11.8 Å². The minimum atomic E-state index is -1.39. The number of esters is 1. The molecule has 49 heavy (non-hydrogen) atoms. The second-order valence-electron chi connectivity index (χ2n) is 13.4. The van der Waals surface area contributed by atoms with E-state index in [0.29, 0.717) is 12.8 Å². The highest BCUT2D eigenvalue weighted by molar-refractivity contribution is 5.87. The van der Waals surface area contributed by atoms with Gasteiger partial charge >= 0.3 is 11.9 Å². The van der Waals surface area contributed by atoms with E-state index in [4.69, 9.17) is 14.9 Å². The Kier molecular flexibility index (Phi) is 33.2. The number of carbonyl (C=O) groups excluding carboxylic acids is 3. The number of carboxylic acids is 1. The summed E-state index contributed by atoms with van der Waals surface area (Å²) >= 11 is 0. The number of aliphatic hydroxyl groups is 1. The maximum Gasteiger partial charge on any atom is 0.328 e. The van der Waals surface area contributed by atoms with Gasteiger partial charge in [0.1, 0.15) is 12.1 Å². The number of carboxylic acid groups (broad SMARTS) is 1. The van der Waals surface area contributed by atoms with Crippen molar-refractivity contribution >= 4 is 23.8 Å². The predicted molar refractivity (Wildman–Crippen MR) is 199 cm³/mol. The summed E-state index contributed by atoms with van der Waals surface area (Å²) < 4.78 is 5.83. The standard InChI is InChI=1S/C40H72N2O7/c1-3-5-7-9-10-11-12-13-14-15-16-17-18-19-20-21-22-28-32-39(46)49-35(29-25-8-6-4-2)30-26-23-24-27-31-37(44)41-33-38(45)42-36(34-43)40(47)48/h14-15,25,29,35-36,43H,3-13,16-24,26-28,30-34H2,1-2H3,(H,41,44)(H,42,45)(H,47,48)/b15-14-,29-25-. The zero-order valence-corrected chi connectivity index (χ0v) is 31.2. The largest absolute Gasteiger partial charge is 0.480 e. The molecule has 0 aliphatic carbocycles. The van der Waals surface area contributed by atoms with Crippen molar-refractivity contribution in [2.24, 2.45) is 0 Å². The summed E-state index contributed by atoms with van der Waals surface area (Å²) in [6.07, 6.45) is 36.8. The minimum Gasteiger partial charge on any atom is -0.480 e. The van der Waals surface area contributed by atoms with Crippen LogP contribution >= 0.6 is 0 Å². The summed E-state index contributed by atoms with van der Waals surface area (Å²) in [5, 5.41) is 22.4. The van der Waals surface area contributed by atoms with Gasteiger partial charge in [0.05, 0.1) is 13.2 Å². The topological polar surface area (TPSA) is 142 Å². The number of unbranched alkanes of at least 4 members (excludes halogenated alkanes) is 19. The van der Waals surface area contributed by atoms with Gasteiger partial charge in [-0.25, -0.2) is 4.79 Å². The Morgan fingerprint density at radius 3 is 1.69 bits per heavy atom. The highest BCUT2D eigenvalue weighted by Crippen LogP contribution is 2.15. The molecule has 0 rings (SSSR count). The molecule has 0 aromatic carbocycles. The average molecular weight is 693 g/mol. The number of allylic oxidation sites excluding steroid dienone is 3. The number of carbonyl (C=O) groups is 4. The van der Waals surface area contributed by atoms with Crippen molar-refractivity contribution in [3.8, 4) is 0 Å². The maximum atomic E-state index is 12.6. The van der Waals surface area contributed by atoms with Crippen LogP contribution in [0, 0.1) is 0 Å². The number of aliphatic hydroxyl groups excluding tert-OH is 1. The first-order valence-corrected chi connectivity index (χ1v) is 19.7. The summed E-state index contributed by atoms with van der Waals surface area (Å²) in [7, 11) is 0. The molecule has 0 aromatic rings. The van der Waals surface area contributed by atoms with Crippen LogP contribution in [0.2, 0.25) is 0 Å². The molecule has 0 aliphatic rings. The van der Waals surface area contributed by atoms with Crippen molar-refractivity contribution in [1.29, 1.82) is 0 Å². The lowest BCUT2D eigenvalue weighted by Gasteiger charge is -2.15. The first kappa shape index (κ1) is 46.3. The Balaban J connectivity index is 4.00. The van der Waals surface area contributed by atoms with E-state index in [0.717, 1.165) is 57.8 Å². The smallest absolute Gasteiger partial charge is 0.328 e. The van der Waals surface area contributed by atoms with Crippen molar-refractivity contribution in [3.05, 3.63) is 24.3 Å². The molecule has 284 valence electrons. The van der Waals surface area contributed by atoms with E-state index in [1.54, 1.807) is 0 Å². The van der Waals surface area contributed by atoms with Gasteiger partial charge in [-0.2, -0.15) is 0 Å². The first-order chi connectivity index (χ1) is 23.8. The monoisotopic (exact) mass is 693 g/mol. The number of ether oxygens (including phenoxy) is 1. The van der Waals surface area contributed by atoms with E-state index in [9.17, 15) is 19.2 Å². The second kappa shape index (κ2) is 35.2. The van der Waals surface area contributed by atoms with Crippen LogP contribution in [0.5, 0.6) is 0 Å². The Morgan fingerprint density at radius 2 is 1.12 bits per heavy atom. The van der Waals surface area contributed by atoms with Crippen LogP contribution in [0.15, 0.2) is 24.3 Å². The molecule has 9 heteroatoms. The lowest BCUT2D eigenvalue weighted by atomic mass is 10.1. The third-order valence-electron chi connectivity index (χ3n) is 8.66. The molecule has 0 heterocycles. The molecule has 2 amide bonds. The molecular weight excluding hydrogens is 620 g/mol. The number of hydrogen-bond acceptors (Lipinski definition) is 6. The van der Waals surface area contributed by atoms with Gasteiger partial charge in [0, 0.05) is 12.8 Å². The van der Waals surface area contributed by atoms with Crippen LogP contribution in [-0.4, -0.2) is 59.3 Å². The van der Waals surface area contributed by atoms with Crippen molar-refractivity contribution in [3.63, 3.8) is 0 Å². The highest BCUT2D eigenvalue weighted by atomic mass is 16.5. The zero-order chi connectivity index (χ0) is 36.2. The molecule has 0 bridgehead atoms. The van der Waals surface area contributed by atoms with Crippen LogP contribution in [0.3, 0.4) is 0 Å². The maximum absolute atomic E-state index is 12.6. The summed E-state index contributed by atoms with van der Waals surface area (Å²) in [6.45, 7) is 3.37. The van der Waals surface area contributed by atoms with Crippen LogP contribution in [0.25, 0.3) is 0 Å². The van der Waals surface area contributed by atoms with Crippen molar-refractivity contribution in [2.45, 2.75) is 193 Å². The predicted octanol–water partition coefficient (Wildman–Crippen LogP) is 8.87. The Morgan fingerprint density at radius 1 is 0.612 bits per heavy atom. The van der Waals surface area contributed by atoms with E-state index in [1.807, 2.05) is 6.08 Å². The fourth-order valence-corrected chi connectivity index (χ4v) is 5.55. The minimum absolute atomic E-state index is 0.122. The third-order valence-corrected chi connectivity index (χ3v) is 8.66. The Bertz CT molecular complexity index is 890. The Hall–Kier alpha value is -2.68. The summed E-state index contributed by atoms with van der Waals surface area (Å²) in [6, 6.07) is -1.39. The van der Waals surface area contributed by atoms with E-state index in [2.05, 4.69) is 42.7 Å². The number of amides is 2. The summed E-state index contributed by atoms with van der Waals surface area (Å²) in [5.41, 5.74) is 0. The molecule has 0 radical (unpaired) electrons. The Labute approximate surface area is 298 Å². The van der Waals surface area contributed by atoms with Crippen molar-refractivity contribution < 1.29 is 34.1 Å². The van der Waals surface area contributed by atoms with Gasteiger partial charge < -0.3 is 25.6 Å². The van der Waals surface area contributed by atoms with Crippen molar-refractivity contribution in [1.82, 2.24) is 10.6 Å². The van der Waals surface area contributed by atoms with Crippen LogP contribution < -0.4 is 10.6 Å². The molecule has 0 saturated carbocycles. The SMILES string of the molecule is CCCC/C=C\C(CCCCCCC(=O)NCC(=O)NC(CO)C(=O)O)OC(=O)CCCCCCCCC/C=C\CCCCCCCCC. The number of aliphatic carboxylic acids is 1. The highest BCUT2D eigenvalue weighted by Gasteiger charge is 2.18. The molecule has 4 N–H and O–H groups in total. The number of rotatable bonds is 35. The normalized spacial score (nSPS) is 12.7. The lowest BCUT2D eigenvalue weighted by Crippen LogP contribution is -2.47. The van der Waals surface area contributed by atoms with Gasteiger partial charge in [0.15, 0.2) is 0 Å². The van der Waals surface area contributed by atoms with E-state index < -0.39 is 24.5 Å². The molecule has 0 aliphatic heterocycles. The summed E-state index contributed by atoms with van der Waals surface area (Å²) in [4.78, 5) is 47.2. The van der Waals surface area contributed by atoms with Gasteiger partial charge in [-0.15, -0.1) is 0 Å². The second-order valence-corrected chi connectivity index (χ2v) is 13.4. The van der Waals surface area contributed by atoms with Gasteiger partial charge in [-0.05, 0) is 63.9 Å². The quantitative estimate of drug-likeness (QED) is 0.0295. The molecule has 2 atom stereocenters. The lowest BCUT2D eigenvalue weighted by molar-refractivity contribution is -0.147. The fourth-order valence-electron chi connectivity index (χ4n) is 5.55. The average Bonchev–Trinajstić information content (AvgIpc) is 3.08. The number of nitrogens with one attached hydrogen (secondary N) is 2.